The molecule has 1 N–H and O–H groups in total. The number of carbonyl (C=O) groups excluding carboxylic acids is 1. The number of anilines is 1. The third-order valence-corrected chi connectivity index (χ3v) is 5.61. The van der Waals surface area contributed by atoms with Crippen LogP contribution in [0.25, 0.3) is 0 Å². The topological polar surface area (TPSA) is 70.1 Å². The molecule has 0 aromatic heterocycles. The number of likely N-dealkylation sites (tertiary alicyclic amines) is 1. The SMILES string of the molecule is CC(C)C1(C(=O)O)CCN(C(=O)c2ccc(N3CCOCC3)cc2)C1. The summed E-state index contributed by atoms with van der Waals surface area (Å²) in [5, 5.41) is 9.63. The van der Waals surface area contributed by atoms with Crippen LogP contribution in [0.1, 0.15) is 30.6 Å². The molecule has 0 saturated carbocycles. The second-order valence-corrected chi connectivity index (χ2v) is 7.24. The Bertz CT molecular complexity index is 637. The Kier molecular flexibility index (Phi) is 4.99. The quantitative estimate of drug-likeness (QED) is 0.904. The van der Waals surface area contributed by atoms with E-state index < -0.39 is 11.4 Å². The average Bonchev–Trinajstić information content (AvgIpc) is 3.09. The zero-order valence-electron chi connectivity index (χ0n) is 14.9. The van der Waals surface area contributed by atoms with E-state index in [0.29, 0.717) is 18.5 Å². The Labute approximate surface area is 148 Å². The lowest BCUT2D eigenvalue weighted by molar-refractivity contribution is -0.150. The van der Waals surface area contributed by atoms with E-state index in [-0.39, 0.29) is 18.4 Å². The summed E-state index contributed by atoms with van der Waals surface area (Å²) >= 11 is 0. The molecule has 25 heavy (non-hydrogen) atoms. The molecule has 1 aromatic carbocycles. The Morgan fingerprint density at radius 3 is 2.28 bits per heavy atom. The molecule has 1 aromatic rings. The number of carboxylic acids is 1. The third kappa shape index (κ3) is 3.35. The van der Waals surface area contributed by atoms with E-state index in [9.17, 15) is 14.7 Å². The number of carboxylic acid groups (broad SMARTS) is 1. The van der Waals surface area contributed by atoms with Crippen LogP contribution in [0.3, 0.4) is 0 Å². The van der Waals surface area contributed by atoms with Gasteiger partial charge in [0.1, 0.15) is 0 Å². The molecule has 6 heteroatoms. The van der Waals surface area contributed by atoms with Gasteiger partial charge in [-0.3, -0.25) is 9.59 Å². The molecule has 0 spiro atoms. The largest absolute Gasteiger partial charge is 0.481 e. The van der Waals surface area contributed by atoms with Gasteiger partial charge in [0, 0.05) is 37.4 Å². The van der Waals surface area contributed by atoms with Gasteiger partial charge >= 0.3 is 5.97 Å². The minimum absolute atomic E-state index is 0.00787. The van der Waals surface area contributed by atoms with Crippen molar-refractivity contribution < 1.29 is 19.4 Å². The van der Waals surface area contributed by atoms with Crippen LogP contribution in [-0.2, 0) is 9.53 Å². The first-order valence-corrected chi connectivity index (χ1v) is 8.89. The van der Waals surface area contributed by atoms with Crippen molar-refractivity contribution in [1.29, 1.82) is 0 Å². The van der Waals surface area contributed by atoms with E-state index in [1.807, 2.05) is 38.1 Å². The van der Waals surface area contributed by atoms with Crippen molar-refractivity contribution in [2.75, 3.05) is 44.3 Å². The summed E-state index contributed by atoms with van der Waals surface area (Å²) < 4.78 is 5.36. The van der Waals surface area contributed by atoms with Crippen molar-refractivity contribution in [1.82, 2.24) is 4.90 Å². The fraction of sp³-hybridized carbons (Fsp3) is 0.579. The maximum atomic E-state index is 12.8. The van der Waals surface area contributed by atoms with Crippen LogP contribution in [0.4, 0.5) is 5.69 Å². The van der Waals surface area contributed by atoms with Gasteiger partial charge < -0.3 is 19.6 Å². The lowest BCUT2D eigenvalue weighted by Gasteiger charge is -2.29. The molecule has 0 radical (unpaired) electrons. The summed E-state index contributed by atoms with van der Waals surface area (Å²) in [5.74, 6) is -0.899. The molecular weight excluding hydrogens is 320 g/mol. The van der Waals surface area contributed by atoms with Crippen LogP contribution in [0.15, 0.2) is 24.3 Å². The molecule has 2 saturated heterocycles. The number of carbonyl (C=O) groups is 2. The van der Waals surface area contributed by atoms with Crippen LogP contribution >= 0.6 is 0 Å². The van der Waals surface area contributed by atoms with E-state index in [4.69, 9.17) is 4.74 Å². The second-order valence-electron chi connectivity index (χ2n) is 7.24. The van der Waals surface area contributed by atoms with Gasteiger partial charge in [-0.15, -0.1) is 0 Å². The smallest absolute Gasteiger partial charge is 0.311 e. The van der Waals surface area contributed by atoms with Gasteiger partial charge in [-0.2, -0.15) is 0 Å². The number of rotatable bonds is 4. The molecule has 3 rings (SSSR count). The molecule has 0 bridgehead atoms. The van der Waals surface area contributed by atoms with Crippen LogP contribution in [-0.4, -0.2) is 61.3 Å². The van der Waals surface area contributed by atoms with Crippen molar-refractivity contribution >= 4 is 17.6 Å². The van der Waals surface area contributed by atoms with E-state index in [1.165, 1.54) is 0 Å². The van der Waals surface area contributed by atoms with Gasteiger partial charge in [0.15, 0.2) is 0 Å². The van der Waals surface area contributed by atoms with E-state index in [0.717, 1.165) is 32.0 Å². The average molecular weight is 346 g/mol. The first kappa shape index (κ1) is 17.7. The summed E-state index contributed by atoms with van der Waals surface area (Å²) in [5.41, 5.74) is 0.869. The predicted molar refractivity (Wildman–Crippen MR) is 94.9 cm³/mol. The predicted octanol–water partition coefficient (Wildman–Crippen LogP) is 2.10. The number of ether oxygens (including phenoxy) is 1. The minimum atomic E-state index is -0.830. The van der Waals surface area contributed by atoms with Crippen molar-refractivity contribution in [2.45, 2.75) is 20.3 Å². The molecular formula is C19H26N2O4. The number of aliphatic carboxylic acids is 1. The molecule has 1 unspecified atom stereocenters. The fourth-order valence-corrected chi connectivity index (χ4v) is 3.72. The van der Waals surface area contributed by atoms with Gasteiger partial charge in [-0.25, -0.2) is 0 Å². The maximum Gasteiger partial charge on any atom is 0.311 e. The van der Waals surface area contributed by atoms with Crippen molar-refractivity contribution in [3.63, 3.8) is 0 Å². The zero-order valence-corrected chi connectivity index (χ0v) is 14.9. The van der Waals surface area contributed by atoms with E-state index >= 15 is 0 Å². The highest BCUT2D eigenvalue weighted by molar-refractivity contribution is 5.95. The Morgan fingerprint density at radius 2 is 1.76 bits per heavy atom. The molecule has 2 aliphatic rings. The van der Waals surface area contributed by atoms with Gasteiger partial charge in [-0.05, 0) is 36.6 Å². The Balaban J connectivity index is 1.70. The minimum Gasteiger partial charge on any atom is -0.481 e. The molecule has 2 aliphatic heterocycles. The molecule has 0 aliphatic carbocycles. The highest BCUT2D eigenvalue weighted by atomic mass is 16.5. The summed E-state index contributed by atoms with van der Waals surface area (Å²) in [6.07, 6.45) is 0.512. The number of benzene rings is 1. The first-order valence-electron chi connectivity index (χ1n) is 8.89. The molecule has 1 atom stereocenters. The molecule has 6 nitrogen and oxygen atoms in total. The highest BCUT2D eigenvalue weighted by Crippen LogP contribution is 2.38. The number of morpholine rings is 1. The number of hydrogen-bond acceptors (Lipinski definition) is 4. The van der Waals surface area contributed by atoms with Gasteiger partial charge in [0.05, 0.1) is 18.6 Å². The van der Waals surface area contributed by atoms with Gasteiger partial charge in [0.2, 0.25) is 0 Å². The lowest BCUT2D eigenvalue weighted by atomic mass is 9.76. The lowest BCUT2D eigenvalue weighted by Crippen LogP contribution is -2.40. The highest BCUT2D eigenvalue weighted by Gasteiger charge is 2.48. The van der Waals surface area contributed by atoms with E-state index in [1.54, 1.807) is 4.90 Å². The van der Waals surface area contributed by atoms with Crippen LogP contribution < -0.4 is 4.90 Å². The van der Waals surface area contributed by atoms with Crippen molar-refractivity contribution in [3.8, 4) is 0 Å². The van der Waals surface area contributed by atoms with Crippen LogP contribution in [0, 0.1) is 11.3 Å². The standard InChI is InChI=1S/C19H26N2O4/c1-14(2)19(18(23)24)7-8-21(13-19)17(22)15-3-5-16(6-4-15)20-9-11-25-12-10-20/h3-6,14H,7-13H2,1-2H3,(H,23,24). The maximum absolute atomic E-state index is 12.8. The Morgan fingerprint density at radius 1 is 1.12 bits per heavy atom. The van der Waals surface area contributed by atoms with Crippen LogP contribution in [0.2, 0.25) is 0 Å². The summed E-state index contributed by atoms with van der Waals surface area (Å²) in [4.78, 5) is 28.4. The number of amides is 1. The summed E-state index contributed by atoms with van der Waals surface area (Å²) in [6.45, 7) is 7.77. The fourth-order valence-electron chi connectivity index (χ4n) is 3.72. The van der Waals surface area contributed by atoms with Crippen molar-refractivity contribution in [3.05, 3.63) is 29.8 Å². The molecule has 1 amide bonds. The monoisotopic (exact) mass is 346 g/mol. The van der Waals surface area contributed by atoms with Gasteiger partial charge in [-0.1, -0.05) is 13.8 Å². The summed E-state index contributed by atoms with van der Waals surface area (Å²) in [7, 11) is 0. The zero-order chi connectivity index (χ0) is 18.0. The number of nitrogens with zero attached hydrogens (tertiary/aromatic N) is 2. The first-order chi connectivity index (χ1) is 11.9. The van der Waals surface area contributed by atoms with E-state index in [2.05, 4.69) is 4.90 Å². The normalized spacial score (nSPS) is 24.0. The molecule has 2 heterocycles. The third-order valence-electron chi connectivity index (χ3n) is 5.61. The molecule has 136 valence electrons. The number of hydrogen-bond donors (Lipinski definition) is 1. The second kappa shape index (κ2) is 7.04. The Hall–Kier alpha value is -2.08. The molecule has 2 fully saturated rings. The van der Waals surface area contributed by atoms with Crippen molar-refractivity contribution in [2.24, 2.45) is 11.3 Å². The summed E-state index contributed by atoms with van der Waals surface area (Å²) in [6, 6.07) is 7.59. The van der Waals surface area contributed by atoms with Gasteiger partial charge in [0.25, 0.3) is 5.91 Å². The van der Waals surface area contributed by atoms with Crippen LogP contribution in [0.5, 0.6) is 0 Å².